The van der Waals surface area contributed by atoms with E-state index in [1.54, 1.807) is 19.1 Å². The van der Waals surface area contributed by atoms with Gasteiger partial charge in [0.05, 0.1) is 17.5 Å². The third-order valence-electron chi connectivity index (χ3n) is 5.16. The van der Waals surface area contributed by atoms with E-state index in [2.05, 4.69) is 15.5 Å². The molecule has 0 saturated heterocycles. The van der Waals surface area contributed by atoms with Gasteiger partial charge in [-0.25, -0.2) is 9.37 Å². The number of aromatic nitrogens is 6. The number of fused-ring (bicyclic) bond motifs is 1. The lowest BCUT2D eigenvalue weighted by Crippen LogP contribution is -2.16. The number of tetrazole rings is 1. The molecule has 0 bridgehead atoms. The zero-order valence-electron chi connectivity index (χ0n) is 17.7. The van der Waals surface area contributed by atoms with Crippen LogP contribution >= 0.6 is 0 Å². The van der Waals surface area contributed by atoms with Crippen LogP contribution in [0.15, 0.2) is 72.8 Å². The van der Waals surface area contributed by atoms with Crippen LogP contribution in [-0.2, 0) is 6.42 Å². The molecule has 0 spiro atoms. The summed E-state index contributed by atoms with van der Waals surface area (Å²) >= 11 is 0. The molecular formula is C24H19FN6O2. The van der Waals surface area contributed by atoms with Crippen molar-refractivity contribution >= 4 is 16.9 Å². The normalized spacial score (nSPS) is 11.1. The summed E-state index contributed by atoms with van der Waals surface area (Å²) in [4.78, 5) is 16.9. The minimum absolute atomic E-state index is 0.181. The van der Waals surface area contributed by atoms with E-state index in [1.807, 2.05) is 53.1 Å². The van der Waals surface area contributed by atoms with E-state index in [0.29, 0.717) is 29.6 Å². The number of hydrogen-bond donors (Lipinski definition) is 0. The first-order chi connectivity index (χ1) is 16.1. The highest BCUT2D eigenvalue weighted by Crippen LogP contribution is 2.27. The number of carbonyl (C=O) groups excluding carboxylic acids is 1. The van der Waals surface area contributed by atoms with E-state index in [0.717, 1.165) is 16.7 Å². The monoisotopic (exact) mass is 442 g/mol. The van der Waals surface area contributed by atoms with Gasteiger partial charge in [0, 0.05) is 12.1 Å². The number of halogens is 1. The summed E-state index contributed by atoms with van der Waals surface area (Å²) in [6.07, 6.45) is 0.575. The fourth-order valence-corrected chi connectivity index (χ4v) is 3.59. The maximum Gasteiger partial charge on any atom is 0.249 e. The molecule has 9 heteroatoms. The number of nitrogens with zero attached hydrogens (tertiary/aromatic N) is 6. The molecule has 2 aromatic heterocycles. The molecule has 3 aromatic carbocycles. The van der Waals surface area contributed by atoms with Gasteiger partial charge in [-0.2, -0.15) is 4.68 Å². The molecule has 0 aliphatic heterocycles. The van der Waals surface area contributed by atoms with E-state index >= 15 is 0 Å². The Morgan fingerprint density at radius 3 is 2.36 bits per heavy atom. The Hall–Kier alpha value is -4.40. The zero-order valence-corrected chi connectivity index (χ0v) is 17.7. The summed E-state index contributed by atoms with van der Waals surface area (Å²) in [5, 5.41) is 11.5. The van der Waals surface area contributed by atoms with Crippen molar-refractivity contribution in [2.45, 2.75) is 19.8 Å². The van der Waals surface area contributed by atoms with Gasteiger partial charge in [0.15, 0.2) is 5.82 Å². The molecule has 0 aliphatic rings. The second-order valence-corrected chi connectivity index (χ2v) is 7.33. The van der Waals surface area contributed by atoms with Gasteiger partial charge in [0.1, 0.15) is 23.1 Å². The summed E-state index contributed by atoms with van der Waals surface area (Å²) in [6.45, 7) is 1.76. The zero-order chi connectivity index (χ0) is 22.8. The Kier molecular flexibility index (Phi) is 5.35. The van der Waals surface area contributed by atoms with E-state index < -0.39 is 0 Å². The lowest BCUT2D eigenvalue weighted by atomic mass is 10.2. The molecule has 0 unspecified atom stereocenters. The van der Waals surface area contributed by atoms with Gasteiger partial charge in [-0.05, 0) is 71.1 Å². The van der Waals surface area contributed by atoms with Crippen LogP contribution in [0.3, 0.4) is 0 Å². The summed E-state index contributed by atoms with van der Waals surface area (Å²) in [7, 11) is 0. The van der Waals surface area contributed by atoms with Gasteiger partial charge in [-0.15, -0.1) is 5.10 Å². The van der Waals surface area contributed by atoms with Gasteiger partial charge in [-0.3, -0.25) is 9.36 Å². The predicted octanol–water partition coefficient (Wildman–Crippen LogP) is 4.58. The van der Waals surface area contributed by atoms with Crippen molar-refractivity contribution in [2.24, 2.45) is 0 Å². The summed E-state index contributed by atoms with van der Waals surface area (Å²) < 4.78 is 22.2. The molecule has 0 fully saturated rings. The van der Waals surface area contributed by atoms with Crippen molar-refractivity contribution in [2.75, 3.05) is 0 Å². The highest BCUT2D eigenvalue weighted by Gasteiger charge is 2.18. The first-order valence-corrected chi connectivity index (χ1v) is 10.4. The van der Waals surface area contributed by atoms with Gasteiger partial charge >= 0.3 is 0 Å². The molecule has 0 aliphatic carbocycles. The van der Waals surface area contributed by atoms with Gasteiger partial charge in [0.25, 0.3) is 0 Å². The lowest BCUT2D eigenvalue weighted by molar-refractivity contribution is 0.0887. The van der Waals surface area contributed by atoms with Crippen molar-refractivity contribution in [3.05, 3.63) is 90.3 Å². The third kappa shape index (κ3) is 4.08. The summed E-state index contributed by atoms with van der Waals surface area (Å²) in [5.41, 5.74) is 2.60. The van der Waals surface area contributed by atoms with E-state index in [1.165, 1.54) is 16.8 Å². The Bertz CT molecular complexity index is 1420. The third-order valence-corrected chi connectivity index (χ3v) is 5.16. The average molecular weight is 442 g/mol. The Balaban J connectivity index is 1.50. The number of hydrogen-bond acceptors (Lipinski definition) is 6. The number of carbonyl (C=O) groups is 1. The van der Waals surface area contributed by atoms with Crippen molar-refractivity contribution in [1.29, 1.82) is 0 Å². The Morgan fingerprint density at radius 1 is 0.939 bits per heavy atom. The Morgan fingerprint density at radius 2 is 1.64 bits per heavy atom. The second-order valence-electron chi connectivity index (χ2n) is 7.33. The molecule has 0 amide bonds. The van der Waals surface area contributed by atoms with Gasteiger partial charge < -0.3 is 4.74 Å². The maximum absolute atomic E-state index is 13.1. The number of ether oxygens (including phenoxy) is 1. The minimum Gasteiger partial charge on any atom is -0.457 e. The molecule has 2 heterocycles. The molecule has 164 valence electrons. The molecule has 0 N–H and O–H groups in total. The van der Waals surface area contributed by atoms with Crippen LogP contribution in [-0.4, -0.2) is 35.7 Å². The predicted molar refractivity (Wildman–Crippen MR) is 119 cm³/mol. The number of rotatable bonds is 6. The first-order valence-electron chi connectivity index (χ1n) is 10.4. The maximum atomic E-state index is 13.1. The van der Waals surface area contributed by atoms with Gasteiger partial charge in [-0.1, -0.05) is 19.1 Å². The fourth-order valence-electron chi connectivity index (χ4n) is 3.59. The number of benzene rings is 3. The Labute approximate surface area is 188 Å². The van der Waals surface area contributed by atoms with Crippen molar-refractivity contribution < 1.29 is 13.9 Å². The van der Waals surface area contributed by atoms with Crippen LogP contribution in [0, 0.1) is 5.82 Å². The summed E-state index contributed by atoms with van der Waals surface area (Å²) in [6, 6.07) is 21.1. The standard InChI is InChI=1S/C24H19FN6O2/c1-2-24(32)31-23(27-28-29-31)15-22-26-20-5-3-4-6-21(20)30(22)17-9-13-19(14-10-17)33-18-11-7-16(25)8-12-18/h3-14H,2,15H2,1H3. The van der Waals surface area contributed by atoms with Crippen molar-refractivity contribution in [1.82, 2.24) is 29.8 Å². The molecule has 33 heavy (non-hydrogen) atoms. The largest absolute Gasteiger partial charge is 0.457 e. The van der Waals surface area contributed by atoms with Crippen LogP contribution in [0.4, 0.5) is 4.39 Å². The van der Waals surface area contributed by atoms with Crippen LogP contribution in [0.2, 0.25) is 0 Å². The van der Waals surface area contributed by atoms with Crippen LogP contribution < -0.4 is 4.74 Å². The highest BCUT2D eigenvalue weighted by atomic mass is 19.1. The van der Waals surface area contributed by atoms with Crippen LogP contribution in [0.5, 0.6) is 11.5 Å². The van der Waals surface area contributed by atoms with Gasteiger partial charge in [0.2, 0.25) is 5.91 Å². The van der Waals surface area contributed by atoms with Crippen molar-refractivity contribution in [3.63, 3.8) is 0 Å². The topological polar surface area (TPSA) is 87.7 Å². The first kappa shape index (κ1) is 20.5. The molecule has 5 rings (SSSR count). The molecule has 0 saturated carbocycles. The second kappa shape index (κ2) is 8.62. The van der Waals surface area contributed by atoms with Crippen LogP contribution in [0.1, 0.15) is 29.8 Å². The van der Waals surface area contributed by atoms with E-state index in [9.17, 15) is 9.18 Å². The fraction of sp³-hybridized carbons (Fsp3) is 0.125. The minimum atomic E-state index is -0.316. The highest BCUT2D eigenvalue weighted by molar-refractivity contribution is 5.79. The SMILES string of the molecule is CCC(=O)n1nnnc1Cc1nc2ccccc2n1-c1ccc(Oc2ccc(F)cc2)cc1. The molecule has 0 atom stereocenters. The smallest absolute Gasteiger partial charge is 0.249 e. The lowest BCUT2D eigenvalue weighted by Gasteiger charge is -2.11. The molecular weight excluding hydrogens is 423 g/mol. The molecule has 5 aromatic rings. The summed E-state index contributed by atoms with van der Waals surface area (Å²) in [5.74, 6) is 1.79. The van der Waals surface area contributed by atoms with Crippen LogP contribution in [0.25, 0.3) is 16.7 Å². The molecule has 0 radical (unpaired) electrons. The quantitative estimate of drug-likeness (QED) is 0.358. The molecule has 8 nitrogen and oxygen atoms in total. The average Bonchev–Trinajstić information content (AvgIpc) is 3.45. The number of para-hydroxylation sites is 2. The van der Waals surface area contributed by atoms with E-state index in [-0.39, 0.29) is 18.1 Å². The van der Waals surface area contributed by atoms with E-state index in [4.69, 9.17) is 9.72 Å². The number of imidazole rings is 1. The van der Waals surface area contributed by atoms with Crippen molar-refractivity contribution in [3.8, 4) is 17.2 Å².